The molecule has 0 spiro atoms. The molecule has 0 unspecified atom stereocenters. The van der Waals surface area contributed by atoms with Crippen LogP contribution in [-0.4, -0.2) is 25.4 Å². The third-order valence-electron chi connectivity index (χ3n) is 1.34. The van der Waals surface area contributed by atoms with Crippen LogP contribution in [0.3, 0.4) is 0 Å². The van der Waals surface area contributed by atoms with E-state index in [-0.39, 0.29) is 5.69 Å². The summed E-state index contributed by atoms with van der Waals surface area (Å²) in [7, 11) is 0. The molecule has 0 aliphatic carbocycles. The summed E-state index contributed by atoms with van der Waals surface area (Å²) in [6.45, 7) is 0. The van der Waals surface area contributed by atoms with Crippen molar-refractivity contribution in [1.29, 1.82) is 0 Å². The van der Waals surface area contributed by atoms with Crippen LogP contribution in [0.25, 0.3) is 10.2 Å². The Bertz CT molecular complexity index is 439. The van der Waals surface area contributed by atoms with Gasteiger partial charge >= 0.3 is 5.97 Å². The second-order valence-corrected chi connectivity index (χ2v) is 2.88. The van der Waals surface area contributed by atoms with E-state index in [4.69, 9.17) is 5.11 Å². The molecule has 0 aliphatic heterocycles. The fourth-order valence-electron chi connectivity index (χ4n) is 0.840. The van der Waals surface area contributed by atoms with E-state index >= 15 is 0 Å². The smallest absolute Gasteiger partial charge is 0.357 e. The van der Waals surface area contributed by atoms with E-state index < -0.39 is 5.97 Å². The minimum absolute atomic E-state index is 0.00241. The molecule has 0 saturated carbocycles. The Kier molecular flexibility index (Phi) is 1.47. The van der Waals surface area contributed by atoms with Gasteiger partial charge in [0.2, 0.25) is 0 Å². The van der Waals surface area contributed by atoms with E-state index in [2.05, 4.69) is 14.3 Å². The first-order valence-corrected chi connectivity index (χ1v) is 3.85. The van der Waals surface area contributed by atoms with E-state index in [1.165, 1.54) is 6.33 Å². The van der Waals surface area contributed by atoms with Crippen LogP contribution in [-0.2, 0) is 0 Å². The maximum atomic E-state index is 10.6. The molecule has 5 nitrogen and oxygen atoms in total. The summed E-state index contributed by atoms with van der Waals surface area (Å²) in [5, 5.41) is 8.66. The van der Waals surface area contributed by atoms with Crippen molar-refractivity contribution in [2.75, 3.05) is 0 Å². The molecule has 2 aromatic rings. The summed E-state index contributed by atoms with van der Waals surface area (Å²) in [5.74, 6) is -1.06. The molecular weight excluding hydrogens is 178 g/mol. The van der Waals surface area contributed by atoms with Crippen molar-refractivity contribution in [1.82, 2.24) is 14.3 Å². The Labute approximate surface area is 70.9 Å². The van der Waals surface area contributed by atoms with Crippen molar-refractivity contribution in [2.45, 2.75) is 0 Å². The largest absolute Gasteiger partial charge is 0.476 e. The van der Waals surface area contributed by atoms with Gasteiger partial charge in [-0.3, -0.25) is 0 Å². The molecule has 12 heavy (non-hydrogen) atoms. The summed E-state index contributed by atoms with van der Waals surface area (Å²) in [6, 6.07) is 0. The van der Waals surface area contributed by atoms with Crippen molar-refractivity contribution in [3.63, 3.8) is 0 Å². The quantitative estimate of drug-likeness (QED) is 0.703. The SMILES string of the molecule is O=C(O)c1nsc2cncnc12. The Balaban J connectivity index is 2.79. The summed E-state index contributed by atoms with van der Waals surface area (Å²) in [4.78, 5) is 18.1. The van der Waals surface area contributed by atoms with Crippen LogP contribution >= 0.6 is 11.5 Å². The molecule has 2 rings (SSSR count). The van der Waals surface area contributed by atoms with Crippen molar-refractivity contribution in [3.05, 3.63) is 18.2 Å². The van der Waals surface area contributed by atoms with Gasteiger partial charge in [0.1, 0.15) is 11.8 Å². The number of carboxylic acids is 1. The zero-order valence-corrected chi connectivity index (χ0v) is 6.58. The molecule has 0 amide bonds. The van der Waals surface area contributed by atoms with Crippen molar-refractivity contribution >= 4 is 27.7 Å². The van der Waals surface area contributed by atoms with Gasteiger partial charge in [-0.05, 0) is 11.5 Å². The average Bonchev–Trinajstić information content (AvgIpc) is 2.47. The summed E-state index contributed by atoms with van der Waals surface area (Å²) in [5.41, 5.74) is 0.403. The highest BCUT2D eigenvalue weighted by molar-refractivity contribution is 7.13. The van der Waals surface area contributed by atoms with Crippen LogP contribution in [0.2, 0.25) is 0 Å². The predicted molar refractivity (Wildman–Crippen MR) is 42.2 cm³/mol. The van der Waals surface area contributed by atoms with E-state index in [1.54, 1.807) is 6.20 Å². The number of fused-ring (bicyclic) bond motifs is 1. The zero-order valence-electron chi connectivity index (χ0n) is 5.76. The van der Waals surface area contributed by atoms with Crippen LogP contribution in [0.1, 0.15) is 10.5 Å². The lowest BCUT2D eigenvalue weighted by atomic mass is 10.4. The van der Waals surface area contributed by atoms with Crippen molar-refractivity contribution in [2.24, 2.45) is 0 Å². The lowest BCUT2D eigenvalue weighted by molar-refractivity contribution is 0.0694. The van der Waals surface area contributed by atoms with Crippen molar-refractivity contribution in [3.8, 4) is 0 Å². The number of aromatic nitrogens is 3. The lowest BCUT2D eigenvalue weighted by Gasteiger charge is -1.86. The lowest BCUT2D eigenvalue weighted by Crippen LogP contribution is -1.97. The first-order chi connectivity index (χ1) is 5.79. The number of carboxylic acid groups (broad SMARTS) is 1. The van der Waals surface area contributed by atoms with Crippen LogP contribution in [0.15, 0.2) is 12.5 Å². The Hall–Kier alpha value is -1.56. The average molecular weight is 181 g/mol. The topological polar surface area (TPSA) is 76.0 Å². The highest BCUT2D eigenvalue weighted by Gasteiger charge is 2.13. The minimum Gasteiger partial charge on any atom is -0.476 e. The summed E-state index contributed by atoms with van der Waals surface area (Å²) in [6.07, 6.45) is 2.86. The predicted octanol–water partition coefficient (Wildman–Crippen LogP) is 0.784. The van der Waals surface area contributed by atoms with E-state index in [0.29, 0.717) is 10.2 Å². The molecule has 0 aromatic carbocycles. The normalized spacial score (nSPS) is 10.3. The van der Waals surface area contributed by atoms with Gasteiger partial charge in [-0.25, -0.2) is 14.8 Å². The fraction of sp³-hybridized carbons (Fsp3) is 0. The summed E-state index contributed by atoms with van der Waals surface area (Å²) < 4.78 is 4.42. The number of carbonyl (C=O) groups is 1. The van der Waals surface area contributed by atoms with Crippen LogP contribution in [0, 0.1) is 0 Å². The number of hydrogen-bond acceptors (Lipinski definition) is 5. The molecule has 0 saturated heterocycles. The molecule has 0 atom stereocenters. The van der Waals surface area contributed by atoms with E-state index in [0.717, 1.165) is 11.5 Å². The first kappa shape index (κ1) is 7.11. The molecule has 0 bridgehead atoms. The molecule has 6 heteroatoms. The Morgan fingerprint density at radius 3 is 3.17 bits per heavy atom. The third kappa shape index (κ3) is 0.928. The number of hydrogen-bond donors (Lipinski definition) is 1. The summed E-state index contributed by atoms with van der Waals surface area (Å²) >= 11 is 1.09. The monoisotopic (exact) mass is 181 g/mol. The first-order valence-electron chi connectivity index (χ1n) is 3.07. The Morgan fingerprint density at radius 2 is 2.42 bits per heavy atom. The molecule has 60 valence electrons. The van der Waals surface area contributed by atoms with Gasteiger partial charge in [-0.1, -0.05) is 0 Å². The van der Waals surface area contributed by atoms with E-state index in [1.807, 2.05) is 0 Å². The van der Waals surface area contributed by atoms with Gasteiger partial charge in [0, 0.05) is 6.20 Å². The molecule has 2 aromatic heterocycles. The maximum absolute atomic E-state index is 10.6. The fourth-order valence-corrected chi connectivity index (χ4v) is 1.54. The highest BCUT2D eigenvalue weighted by atomic mass is 32.1. The number of rotatable bonds is 1. The molecule has 0 aliphatic rings. The highest BCUT2D eigenvalue weighted by Crippen LogP contribution is 2.18. The van der Waals surface area contributed by atoms with Gasteiger partial charge in [0.25, 0.3) is 0 Å². The van der Waals surface area contributed by atoms with Crippen molar-refractivity contribution < 1.29 is 9.90 Å². The molecule has 0 fully saturated rings. The molecular formula is C6H3N3O2S. The van der Waals surface area contributed by atoms with E-state index in [9.17, 15) is 4.79 Å². The standard InChI is InChI=1S/C6H3N3O2S/c10-6(11)5-4-3(12-9-5)1-7-2-8-4/h1-2H,(H,10,11). The van der Waals surface area contributed by atoms with Gasteiger partial charge in [-0.15, -0.1) is 0 Å². The second kappa shape index (κ2) is 2.49. The van der Waals surface area contributed by atoms with Crippen LogP contribution in [0.5, 0.6) is 0 Å². The zero-order chi connectivity index (χ0) is 8.55. The molecule has 1 N–H and O–H groups in total. The van der Waals surface area contributed by atoms with Gasteiger partial charge in [0.15, 0.2) is 5.69 Å². The molecule has 0 radical (unpaired) electrons. The van der Waals surface area contributed by atoms with Gasteiger partial charge in [-0.2, -0.15) is 4.37 Å². The molecule has 2 heterocycles. The van der Waals surface area contributed by atoms with Gasteiger partial charge < -0.3 is 5.11 Å². The maximum Gasteiger partial charge on any atom is 0.357 e. The Morgan fingerprint density at radius 1 is 1.58 bits per heavy atom. The minimum atomic E-state index is -1.06. The van der Waals surface area contributed by atoms with Gasteiger partial charge in [0.05, 0.1) is 4.70 Å². The number of nitrogens with zero attached hydrogens (tertiary/aromatic N) is 3. The second-order valence-electron chi connectivity index (χ2n) is 2.07. The van der Waals surface area contributed by atoms with Crippen LogP contribution < -0.4 is 0 Å². The number of aromatic carboxylic acids is 1. The van der Waals surface area contributed by atoms with Crippen LogP contribution in [0.4, 0.5) is 0 Å². The third-order valence-corrected chi connectivity index (χ3v) is 2.11.